The number of aliphatic hydroxyl groups excluding tert-OH is 1. The summed E-state index contributed by atoms with van der Waals surface area (Å²) in [5.74, 6) is -0.0800. The molecule has 0 aliphatic carbocycles. The first kappa shape index (κ1) is 21.0. The maximum absolute atomic E-state index is 12.6. The first-order valence-corrected chi connectivity index (χ1v) is 10.8. The van der Waals surface area contributed by atoms with E-state index in [-0.39, 0.29) is 36.0 Å². The maximum atomic E-state index is 12.6. The maximum Gasteiger partial charge on any atom is 0.404 e. The molecule has 1 aliphatic rings. The molecule has 26 heavy (non-hydrogen) atoms. The summed E-state index contributed by atoms with van der Waals surface area (Å²) in [6.45, 7) is 0.0439. The van der Waals surface area contributed by atoms with Crippen LogP contribution in [0.5, 0.6) is 0 Å². The molecule has 146 valence electrons. The van der Waals surface area contributed by atoms with Crippen LogP contribution in [0.1, 0.15) is 30.9 Å². The topological polar surface area (TPSA) is 144 Å². The molecule has 8 nitrogen and oxygen atoms in total. The van der Waals surface area contributed by atoms with Crippen LogP contribution in [0.2, 0.25) is 0 Å². The Hall–Kier alpha value is -1.33. The molecule has 1 aromatic rings. The Morgan fingerprint density at radius 1 is 1.38 bits per heavy atom. The largest absolute Gasteiger partial charge is 0.465 e. The molecule has 5 N–H and O–H groups in total. The van der Waals surface area contributed by atoms with Gasteiger partial charge in [-0.15, -0.1) is 0 Å². The average molecular weight is 405 g/mol. The highest BCUT2D eigenvalue weighted by Crippen LogP contribution is 2.36. The van der Waals surface area contributed by atoms with Gasteiger partial charge in [0.1, 0.15) is 0 Å². The summed E-state index contributed by atoms with van der Waals surface area (Å²) < 4.78 is 25.3. The van der Waals surface area contributed by atoms with Crippen molar-refractivity contribution in [3.8, 4) is 0 Å². The number of rotatable bonds is 7. The lowest BCUT2D eigenvalue weighted by Gasteiger charge is -2.31. The van der Waals surface area contributed by atoms with E-state index in [0.717, 1.165) is 11.8 Å². The monoisotopic (exact) mass is 405 g/mol. The molecule has 0 radical (unpaired) electrons. The summed E-state index contributed by atoms with van der Waals surface area (Å²) in [6.07, 6.45) is -1.50. The third kappa shape index (κ3) is 6.13. The predicted molar refractivity (Wildman–Crippen MR) is 96.4 cm³/mol. The standard InChI is InChI=1S/C16H23NO7S2/c18-14(4-6-17-15(19)20)12-2-1-3-13(8-12)26(23,24)10-11-5-7-25-16(21,22)9-11/h1-3,8,11,14,17-18,21-22H,4-7,9-10H2,(H,19,20). The molecule has 0 spiro atoms. The fourth-order valence-electron chi connectivity index (χ4n) is 2.87. The van der Waals surface area contributed by atoms with Gasteiger partial charge >= 0.3 is 6.09 Å². The molecule has 1 saturated heterocycles. The van der Waals surface area contributed by atoms with E-state index in [1.807, 2.05) is 0 Å². The molecule has 1 amide bonds. The Bertz CT molecular complexity index is 736. The fraction of sp³-hybridized carbons (Fsp3) is 0.562. The summed E-state index contributed by atoms with van der Waals surface area (Å²) in [4.78, 5) is 10.5. The number of hydrogen-bond acceptors (Lipinski definition) is 7. The Balaban J connectivity index is 2.06. The Morgan fingerprint density at radius 3 is 2.77 bits per heavy atom. The minimum Gasteiger partial charge on any atom is -0.465 e. The molecule has 1 fully saturated rings. The lowest BCUT2D eigenvalue weighted by Crippen LogP contribution is -2.34. The minimum absolute atomic E-state index is 0.0138. The van der Waals surface area contributed by atoms with E-state index in [0.29, 0.717) is 17.7 Å². The van der Waals surface area contributed by atoms with Crippen molar-refractivity contribution in [2.24, 2.45) is 5.92 Å². The summed E-state index contributed by atoms with van der Waals surface area (Å²) in [7, 11) is -3.65. The Labute approximate surface area is 156 Å². The zero-order valence-corrected chi connectivity index (χ0v) is 15.7. The fourth-order valence-corrected chi connectivity index (χ4v) is 5.70. The number of amides is 1. The molecule has 0 aromatic heterocycles. The molecule has 1 aromatic carbocycles. The van der Waals surface area contributed by atoms with E-state index in [4.69, 9.17) is 5.11 Å². The molecule has 2 rings (SSSR count). The highest BCUT2D eigenvalue weighted by molar-refractivity contribution is 8.00. The second-order valence-corrected chi connectivity index (χ2v) is 9.73. The zero-order valence-electron chi connectivity index (χ0n) is 14.0. The minimum atomic E-state index is -3.65. The molecule has 2 atom stereocenters. The van der Waals surface area contributed by atoms with Crippen LogP contribution in [0.15, 0.2) is 29.2 Å². The van der Waals surface area contributed by atoms with Crippen LogP contribution < -0.4 is 5.32 Å². The normalized spacial score (nSPS) is 21.1. The van der Waals surface area contributed by atoms with Gasteiger partial charge in [-0.3, -0.25) is 0 Å². The summed E-state index contributed by atoms with van der Waals surface area (Å²) in [5.41, 5.74) is 0.385. The quantitative estimate of drug-likeness (QED) is 0.422. The predicted octanol–water partition coefficient (Wildman–Crippen LogP) is 0.933. The first-order chi connectivity index (χ1) is 12.1. The van der Waals surface area contributed by atoms with Gasteiger partial charge in [0.25, 0.3) is 0 Å². The molecule has 1 aliphatic heterocycles. The highest BCUT2D eigenvalue weighted by atomic mass is 32.2. The molecule has 2 unspecified atom stereocenters. The van der Waals surface area contributed by atoms with Gasteiger partial charge in [-0.25, -0.2) is 13.2 Å². The lowest BCUT2D eigenvalue weighted by atomic mass is 10.0. The molecule has 1 heterocycles. The van der Waals surface area contributed by atoms with E-state index in [1.54, 1.807) is 6.07 Å². The van der Waals surface area contributed by atoms with Crippen LogP contribution in [0, 0.1) is 5.92 Å². The number of sulfone groups is 1. The van der Waals surface area contributed by atoms with Gasteiger partial charge in [0.15, 0.2) is 9.84 Å². The van der Waals surface area contributed by atoms with E-state index in [9.17, 15) is 28.5 Å². The van der Waals surface area contributed by atoms with Crippen LogP contribution in [0.4, 0.5) is 4.79 Å². The van der Waals surface area contributed by atoms with Crippen LogP contribution >= 0.6 is 11.8 Å². The van der Waals surface area contributed by atoms with Crippen molar-refractivity contribution in [1.82, 2.24) is 5.32 Å². The van der Waals surface area contributed by atoms with Gasteiger partial charge < -0.3 is 25.7 Å². The van der Waals surface area contributed by atoms with Gasteiger partial charge in [-0.2, -0.15) is 0 Å². The molecule has 10 heteroatoms. The summed E-state index contributed by atoms with van der Waals surface area (Å²) >= 11 is 0.997. The number of hydrogen-bond donors (Lipinski definition) is 5. The highest BCUT2D eigenvalue weighted by Gasteiger charge is 2.35. The van der Waals surface area contributed by atoms with Gasteiger partial charge in [0, 0.05) is 13.0 Å². The third-order valence-electron chi connectivity index (χ3n) is 4.17. The third-order valence-corrected chi connectivity index (χ3v) is 7.12. The molecule has 0 bridgehead atoms. The second-order valence-electron chi connectivity index (χ2n) is 6.34. The van der Waals surface area contributed by atoms with Gasteiger partial charge in [0.2, 0.25) is 5.12 Å². The Kier molecular flexibility index (Phi) is 6.92. The van der Waals surface area contributed by atoms with Crippen molar-refractivity contribution in [2.75, 3.05) is 18.1 Å². The first-order valence-electron chi connectivity index (χ1n) is 8.15. The summed E-state index contributed by atoms with van der Waals surface area (Å²) in [6, 6.07) is 5.91. The van der Waals surface area contributed by atoms with E-state index in [2.05, 4.69) is 5.32 Å². The SMILES string of the molecule is O=C(O)NCCC(O)c1cccc(S(=O)(=O)CC2CCSC(O)(O)C2)c1. The number of nitrogens with one attached hydrogen (secondary N) is 1. The number of carboxylic acid groups (broad SMARTS) is 1. The van der Waals surface area contributed by atoms with Gasteiger partial charge in [-0.1, -0.05) is 23.9 Å². The van der Waals surface area contributed by atoms with Gasteiger partial charge in [-0.05, 0) is 42.2 Å². The second kappa shape index (κ2) is 8.57. The Morgan fingerprint density at radius 2 is 2.12 bits per heavy atom. The smallest absolute Gasteiger partial charge is 0.404 e. The lowest BCUT2D eigenvalue weighted by molar-refractivity contribution is -0.0931. The van der Waals surface area contributed by atoms with E-state index in [1.165, 1.54) is 18.2 Å². The van der Waals surface area contributed by atoms with E-state index >= 15 is 0 Å². The van der Waals surface area contributed by atoms with Crippen molar-refractivity contribution >= 4 is 27.7 Å². The molecular weight excluding hydrogens is 382 g/mol. The number of thioether (sulfide) groups is 1. The summed E-state index contributed by atoms with van der Waals surface area (Å²) in [5, 5.41) is 38.3. The van der Waals surface area contributed by atoms with Crippen LogP contribution in [0.25, 0.3) is 0 Å². The average Bonchev–Trinajstić information content (AvgIpc) is 2.53. The molecule has 0 saturated carbocycles. The molecular formula is C16H23NO7S2. The van der Waals surface area contributed by atoms with Crippen LogP contribution in [-0.2, 0) is 9.84 Å². The van der Waals surface area contributed by atoms with Crippen molar-refractivity contribution < 1.29 is 33.6 Å². The van der Waals surface area contributed by atoms with E-state index < -0.39 is 27.2 Å². The number of carbonyl (C=O) groups is 1. The van der Waals surface area contributed by atoms with Gasteiger partial charge in [0.05, 0.1) is 16.8 Å². The zero-order chi connectivity index (χ0) is 19.4. The number of benzene rings is 1. The van der Waals surface area contributed by atoms with Crippen LogP contribution in [-0.4, -0.2) is 58.1 Å². The van der Waals surface area contributed by atoms with Crippen molar-refractivity contribution in [1.29, 1.82) is 0 Å². The van der Waals surface area contributed by atoms with Crippen molar-refractivity contribution in [3.63, 3.8) is 0 Å². The van der Waals surface area contributed by atoms with Crippen molar-refractivity contribution in [2.45, 2.75) is 35.4 Å². The van der Waals surface area contributed by atoms with Crippen LogP contribution in [0.3, 0.4) is 0 Å². The van der Waals surface area contributed by atoms with Crippen molar-refractivity contribution in [3.05, 3.63) is 29.8 Å². The number of aliphatic hydroxyl groups is 3.